The molecule has 9 heteroatoms. The minimum Gasteiger partial charge on any atom is -0.454 e. The molecule has 0 saturated heterocycles. The van der Waals surface area contributed by atoms with E-state index in [1.807, 2.05) is 0 Å². The van der Waals surface area contributed by atoms with E-state index >= 15 is 0 Å². The number of imidazole rings is 1. The van der Waals surface area contributed by atoms with Crippen molar-refractivity contribution >= 4 is 22.6 Å². The van der Waals surface area contributed by atoms with Crippen molar-refractivity contribution in [2.75, 3.05) is 5.32 Å². The minimum atomic E-state index is -0.585. The van der Waals surface area contributed by atoms with Gasteiger partial charge in [0.2, 0.25) is 0 Å². The Labute approximate surface area is 174 Å². The molecule has 0 radical (unpaired) electrons. The van der Waals surface area contributed by atoms with E-state index in [1.54, 1.807) is 53.5 Å². The predicted octanol–water partition coefficient (Wildman–Crippen LogP) is 4.60. The molecule has 0 atom stereocenters. The van der Waals surface area contributed by atoms with Crippen molar-refractivity contribution in [3.63, 3.8) is 0 Å². The second kappa shape index (κ2) is 7.52. The highest BCUT2D eigenvalue weighted by atomic mass is 19.1. The number of fused-ring (bicyclic) bond motifs is 1. The summed E-state index contributed by atoms with van der Waals surface area (Å²) in [7, 11) is 0. The number of carbonyl (C=O) groups is 1. The van der Waals surface area contributed by atoms with Gasteiger partial charge in [-0.3, -0.25) is 9.48 Å². The van der Waals surface area contributed by atoms with Gasteiger partial charge in [0, 0.05) is 18.1 Å². The van der Waals surface area contributed by atoms with Gasteiger partial charge in [-0.1, -0.05) is 0 Å². The lowest BCUT2D eigenvalue weighted by Gasteiger charge is -2.03. The number of H-pyrrole nitrogens is 1. The second-order valence-corrected chi connectivity index (χ2v) is 6.87. The molecule has 2 aromatic carbocycles. The lowest BCUT2D eigenvalue weighted by atomic mass is 10.2. The summed E-state index contributed by atoms with van der Waals surface area (Å²) in [5.74, 6) is -0.603. The number of nitrogens with one attached hydrogen (secondary N) is 2. The Morgan fingerprint density at radius 2 is 2.03 bits per heavy atom. The summed E-state index contributed by atoms with van der Waals surface area (Å²) in [5.41, 5.74) is 1.64. The van der Waals surface area contributed by atoms with Crippen LogP contribution in [0, 0.1) is 11.6 Å². The maximum atomic E-state index is 14.0. The van der Waals surface area contributed by atoms with Crippen molar-refractivity contribution in [3.8, 4) is 11.4 Å². The zero-order chi connectivity index (χ0) is 21.4. The third kappa shape index (κ3) is 3.80. The van der Waals surface area contributed by atoms with E-state index in [9.17, 15) is 13.6 Å². The largest absolute Gasteiger partial charge is 0.454 e. The fraction of sp³-hybridized carbons (Fsp3) is 0.0455. The third-order valence-electron chi connectivity index (χ3n) is 4.69. The number of carbonyl (C=O) groups excluding carboxylic acids is 1. The molecule has 5 aromatic rings. The molecule has 0 bridgehead atoms. The molecule has 2 N–H and O–H groups in total. The maximum absolute atomic E-state index is 14.0. The van der Waals surface area contributed by atoms with E-state index in [2.05, 4.69) is 20.4 Å². The summed E-state index contributed by atoms with van der Waals surface area (Å²) in [6.45, 7) is 0.416. The van der Waals surface area contributed by atoms with Gasteiger partial charge in [-0.15, -0.1) is 0 Å². The zero-order valence-electron chi connectivity index (χ0n) is 16.0. The molecule has 0 saturated carbocycles. The Morgan fingerprint density at radius 1 is 1.13 bits per heavy atom. The van der Waals surface area contributed by atoms with Crippen LogP contribution in [-0.2, 0) is 6.54 Å². The van der Waals surface area contributed by atoms with Crippen molar-refractivity contribution in [2.45, 2.75) is 6.54 Å². The number of aromatic nitrogens is 4. The predicted molar refractivity (Wildman–Crippen MR) is 109 cm³/mol. The van der Waals surface area contributed by atoms with Crippen LogP contribution in [0.15, 0.2) is 71.4 Å². The van der Waals surface area contributed by atoms with Crippen molar-refractivity contribution in [1.82, 2.24) is 19.7 Å². The Kier molecular flexibility index (Phi) is 4.55. The first-order valence-corrected chi connectivity index (χ1v) is 9.38. The van der Waals surface area contributed by atoms with Gasteiger partial charge in [-0.2, -0.15) is 5.10 Å². The molecule has 1 amide bonds. The molecule has 0 spiro atoms. The van der Waals surface area contributed by atoms with Crippen molar-refractivity contribution < 1.29 is 18.0 Å². The highest BCUT2D eigenvalue weighted by Gasteiger charge is 2.14. The molecule has 0 aliphatic carbocycles. The van der Waals surface area contributed by atoms with Gasteiger partial charge in [0.1, 0.15) is 23.2 Å². The smallest absolute Gasteiger partial charge is 0.291 e. The number of halogens is 2. The molecule has 0 unspecified atom stereocenters. The van der Waals surface area contributed by atoms with Gasteiger partial charge in [0.25, 0.3) is 5.91 Å². The average molecular weight is 419 g/mol. The number of nitrogens with zero attached hydrogens (tertiary/aromatic N) is 3. The molecule has 7 nitrogen and oxygen atoms in total. The summed E-state index contributed by atoms with van der Waals surface area (Å²) in [5, 5.41) is 6.85. The SMILES string of the molecule is O=C(Nc1ccc2nc(-c3cc(F)ccc3F)[nH]c2c1)c1ccc(Cn2cccn2)o1. The normalized spacial score (nSPS) is 11.2. The lowest BCUT2D eigenvalue weighted by molar-refractivity contribution is 0.0994. The van der Waals surface area contributed by atoms with Crippen LogP contribution in [0.2, 0.25) is 0 Å². The lowest BCUT2D eigenvalue weighted by Crippen LogP contribution is -2.10. The van der Waals surface area contributed by atoms with E-state index in [-0.39, 0.29) is 17.1 Å². The van der Waals surface area contributed by atoms with Gasteiger partial charge in [0.05, 0.1) is 23.1 Å². The minimum absolute atomic E-state index is 0.0297. The second-order valence-electron chi connectivity index (χ2n) is 6.87. The average Bonchev–Trinajstić information content (AvgIpc) is 3.50. The van der Waals surface area contributed by atoms with Gasteiger partial charge in [-0.05, 0) is 54.6 Å². The molecule has 0 aliphatic heterocycles. The van der Waals surface area contributed by atoms with Crippen LogP contribution in [0.3, 0.4) is 0 Å². The first-order valence-electron chi connectivity index (χ1n) is 9.38. The van der Waals surface area contributed by atoms with Gasteiger partial charge in [-0.25, -0.2) is 13.8 Å². The number of furan rings is 1. The van der Waals surface area contributed by atoms with Crippen LogP contribution in [0.4, 0.5) is 14.5 Å². The quantitative estimate of drug-likeness (QED) is 0.436. The number of benzene rings is 2. The van der Waals surface area contributed by atoms with Gasteiger partial charge < -0.3 is 14.7 Å². The van der Waals surface area contributed by atoms with Crippen LogP contribution in [0.25, 0.3) is 22.4 Å². The summed E-state index contributed by atoms with van der Waals surface area (Å²) in [4.78, 5) is 19.8. The number of hydrogen-bond acceptors (Lipinski definition) is 4. The molecule has 31 heavy (non-hydrogen) atoms. The van der Waals surface area contributed by atoms with Crippen molar-refractivity contribution in [2.24, 2.45) is 0 Å². The molecule has 0 fully saturated rings. The number of rotatable bonds is 5. The number of aromatic amines is 1. The first-order chi connectivity index (χ1) is 15.0. The van der Waals surface area contributed by atoms with Crippen LogP contribution in [0.5, 0.6) is 0 Å². The monoisotopic (exact) mass is 419 g/mol. The van der Waals surface area contributed by atoms with Gasteiger partial charge >= 0.3 is 0 Å². The van der Waals surface area contributed by atoms with E-state index in [0.29, 0.717) is 29.0 Å². The van der Waals surface area contributed by atoms with Crippen LogP contribution in [0.1, 0.15) is 16.3 Å². The molecular weight excluding hydrogens is 404 g/mol. The zero-order valence-corrected chi connectivity index (χ0v) is 16.0. The van der Waals surface area contributed by atoms with Crippen LogP contribution >= 0.6 is 0 Å². The van der Waals surface area contributed by atoms with Gasteiger partial charge in [0.15, 0.2) is 5.76 Å². The molecule has 154 valence electrons. The summed E-state index contributed by atoms with van der Waals surface area (Å²) >= 11 is 0. The summed E-state index contributed by atoms with van der Waals surface area (Å²) < 4.78 is 34.8. The molecule has 5 rings (SSSR count). The summed E-state index contributed by atoms with van der Waals surface area (Å²) in [6, 6.07) is 13.3. The van der Waals surface area contributed by atoms with Crippen LogP contribution in [-0.4, -0.2) is 25.7 Å². The maximum Gasteiger partial charge on any atom is 0.291 e. The Bertz CT molecular complexity index is 1390. The number of amides is 1. The van der Waals surface area contributed by atoms with Crippen molar-refractivity contribution in [3.05, 3.63) is 90.1 Å². The number of anilines is 1. The van der Waals surface area contributed by atoms with Crippen molar-refractivity contribution in [1.29, 1.82) is 0 Å². The van der Waals surface area contributed by atoms with E-state index in [0.717, 1.165) is 18.2 Å². The summed E-state index contributed by atoms with van der Waals surface area (Å²) in [6.07, 6.45) is 3.46. The Hall–Kier alpha value is -4.27. The highest BCUT2D eigenvalue weighted by molar-refractivity contribution is 6.03. The third-order valence-corrected chi connectivity index (χ3v) is 4.69. The fourth-order valence-corrected chi connectivity index (χ4v) is 3.23. The van der Waals surface area contributed by atoms with E-state index in [1.165, 1.54) is 0 Å². The molecule has 3 aromatic heterocycles. The molecular formula is C22H15F2N5O2. The first kappa shape index (κ1) is 18.7. The fourth-order valence-electron chi connectivity index (χ4n) is 3.23. The van der Waals surface area contributed by atoms with E-state index < -0.39 is 17.5 Å². The molecule has 3 heterocycles. The topological polar surface area (TPSA) is 88.7 Å². The molecule has 0 aliphatic rings. The van der Waals surface area contributed by atoms with Crippen LogP contribution < -0.4 is 5.32 Å². The van der Waals surface area contributed by atoms with E-state index in [4.69, 9.17) is 4.42 Å². The Balaban J connectivity index is 1.35. The standard InChI is InChI=1S/C22H15F2N5O2/c23-13-2-5-17(24)16(10-13)21-27-18-6-3-14(11-19(18)28-21)26-22(30)20-7-4-15(31-20)12-29-9-1-8-25-29/h1-11H,12H2,(H,26,30)(H,27,28). The Morgan fingerprint density at radius 3 is 2.87 bits per heavy atom. The number of hydrogen-bond donors (Lipinski definition) is 2. The highest BCUT2D eigenvalue weighted by Crippen LogP contribution is 2.26.